The predicted octanol–water partition coefficient (Wildman–Crippen LogP) is 1.95. The molecule has 1 aliphatic heterocycles. The molecule has 2 rings (SSSR count). The third-order valence-corrected chi connectivity index (χ3v) is 3.16. The Labute approximate surface area is 65.1 Å². The molecule has 1 atom stereocenters. The van der Waals surface area contributed by atoms with Crippen LogP contribution in [0.15, 0.2) is 11.4 Å². The van der Waals surface area contributed by atoms with Crippen molar-refractivity contribution in [3.63, 3.8) is 0 Å². The smallest absolute Gasteiger partial charge is 0.0388 e. The molecule has 1 aromatic rings. The molecule has 0 saturated heterocycles. The van der Waals surface area contributed by atoms with Crippen LogP contribution in [0.2, 0.25) is 0 Å². The van der Waals surface area contributed by atoms with Crippen molar-refractivity contribution in [1.82, 2.24) is 5.32 Å². The van der Waals surface area contributed by atoms with E-state index < -0.39 is 0 Å². The van der Waals surface area contributed by atoms with E-state index in [1.54, 1.807) is 5.56 Å². The van der Waals surface area contributed by atoms with Gasteiger partial charge in [-0.3, -0.25) is 0 Å². The number of nitrogens with one attached hydrogen (secondary N) is 1. The van der Waals surface area contributed by atoms with Crippen molar-refractivity contribution < 1.29 is 0 Å². The van der Waals surface area contributed by atoms with Gasteiger partial charge < -0.3 is 5.32 Å². The molecular weight excluding hydrogens is 142 g/mol. The largest absolute Gasteiger partial charge is 0.309 e. The zero-order valence-electron chi connectivity index (χ0n) is 6.05. The van der Waals surface area contributed by atoms with Crippen LogP contribution < -0.4 is 5.32 Å². The van der Waals surface area contributed by atoms with E-state index in [2.05, 4.69) is 23.7 Å². The van der Waals surface area contributed by atoms with Gasteiger partial charge in [0.2, 0.25) is 0 Å². The molecule has 0 fully saturated rings. The normalized spacial score (nSPS) is 24.3. The summed E-state index contributed by atoms with van der Waals surface area (Å²) in [5, 5.41) is 5.62. The highest BCUT2D eigenvalue weighted by Gasteiger charge is 2.15. The van der Waals surface area contributed by atoms with Crippen molar-refractivity contribution in [2.75, 3.05) is 6.54 Å². The highest BCUT2D eigenvalue weighted by molar-refractivity contribution is 7.10. The Morgan fingerprint density at radius 3 is 3.40 bits per heavy atom. The van der Waals surface area contributed by atoms with E-state index in [0.29, 0.717) is 6.04 Å². The summed E-state index contributed by atoms with van der Waals surface area (Å²) in [4.78, 5) is 1.53. The molecule has 10 heavy (non-hydrogen) atoms. The number of hydrogen-bond donors (Lipinski definition) is 1. The van der Waals surface area contributed by atoms with Crippen molar-refractivity contribution in [2.24, 2.45) is 0 Å². The molecule has 1 aromatic heterocycles. The molecule has 0 spiro atoms. The highest BCUT2D eigenvalue weighted by Crippen LogP contribution is 2.27. The van der Waals surface area contributed by atoms with Crippen LogP contribution in [0.5, 0.6) is 0 Å². The van der Waals surface area contributed by atoms with Gasteiger partial charge in [0.15, 0.2) is 0 Å². The maximum atomic E-state index is 3.43. The number of thiophene rings is 1. The third-order valence-electron chi connectivity index (χ3n) is 2.02. The molecule has 54 valence electrons. The summed E-state index contributed by atoms with van der Waals surface area (Å²) >= 11 is 1.87. The number of fused-ring (bicyclic) bond motifs is 1. The molecule has 0 amide bonds. The van der Waals surface area contributed by atoms with Crippen LogP contribution in [0.3, 0.4) is 0 Å². The standard InChI is InChI=1S/C8H11NS/c1-6-8-7(2-4-9-6)3-5-10-8/h3,5-6,9H,2,4H2,1H3/t6-/m0/s1. The minimum atomic E-state index is 0.587. The van der Waals surface area contributed by atoms with Crippen molar-refractivity contribution in [3.8, 4) is 0 Å². The van der Waals surface area contributed by atoms with E-state index in [1.807, 2.05) is 11.3 Å². The monoisotopic (exact) mass is 153 g/mol. The predicted molar refractivity (Wildman–Crippen MR) is 44.4 cm³/mol. The van der Waals surface area contributed by atoms with E-state index in [0.717, 1.165) is 6.54 Å². The van der Waals surface area contributed by atoms with Crippen LogP contribution in [-0.4, -0.2) is 6.54 Å². The van der Waals surface area contributed by atoms with E-state index in [-0.39, 0.29) is 0 Å². The maximum absolute atomic E-state index is 3.43. The fourth-order valence-electron chi connectivity index (χ4n) is 1.45. The van der Waals surface area contributed by atoms with E-state index >= 15 is 0 Å². The topological polar surface area (TPSA) is 12.0 Å². The second kappa shape index (κ2) is 2.36. The van der Waals surface area contributed by atoms with Crippen LogP contribution in [0.25, 0.3) is 0 Å². The van der Waals surface area contributed by atoms with Gasteiger partial charge in [-0.15, -0.1) is 11.3 Å². The average molecular weight is 153 g/mol. The van der Waals surface area contributed by atoms with E-state index in [9.17, 15) is 0 Å². The van der Waals surface area contributed by atoms with Gasteiger partial charge in [-0.2, -0.15) is 0 Å². The first-order valence-electron chi connectivity index (χ1n) is 3.67. The highest BCUT2D eigenvalue weighted by atomic mass is 32.1. The van der Waals surface area contributed by atoms with Gasteiger partial charge in [0, 0.05) is 10.9 Å². The summed E-state index contributed by atoms with van der Waals surface area (Å²) in [7, 11) is 0. The lowest BCUT2D eigenvalue weighted by Crippen LogP contribution is -2.26. The molecule has 1 aliphatic rings. The molecule has 2 heterocycles. The molecule has 0 bridgehead atoms. The average Bonchev–Trinajstić information content (AvgIpc) is 2.36. The molecule has 0 unspecified atom stereocenters. The quantitative estimate of drug-likeness (QED) is 0.600. The first-order chi connectivity index (χ1) is 4.88. The van der Waals surface area contributed by atoms with Gasteiger partial charge >= 0.3 is 0 Å². The fraction of sp³-hybridized carbons (Fsp3) is 0.500. The minimum Gasteiger partial charge on any atom is -0.309 e. The molecule has 2 heteroatoms. The third kappa shape index (κ3) is 0.879. The lowest BCUT2D eigenvalue weighted by molar-refractivity contribution is 0.551. The van der Waals surface area contributed by atoms with Gasteiger partial charge in [0.25, 0.3) is 0 Å². The summed E-state index contributed by atoms with van der Waals surface area (Å²) in [6.07, 6.45) is 1.21. The maximum Gasteiger partial charge on any atom is 0.0388 e. The molecule has 1 nitrogen and oxygen atoms in total. The van der Waals surface area contributed by atoms with Gasteiger partial charge in [-0.25, -0.2) is 0 Å². The van der Waals surface area contributed by atoms with Crippen molar-refractivity contribution >= 4 is 11.3 Å². The van der Waals surface area contributed by atoms with Gasteiger partial charge in [0.1, 0.15) is 0 Å². The zero-order valence-corrected chi connectivity index (χ0v) is 6.87. The summed E-state index contributed by atoms with van der Waals surface area (Å²) in [5.41, 5.74) is 1.55. The summed E-state index contributed by atoms with van der Waals surface area (Å²) in [5.74, 6) is 0. The van der Waals surface area contributed by atoms with Crippen molar-refractivity contribution in [3.05, 3.63) is 21.9 Å². The number of rotatable bonds is 0. The summed E-state index contributed by atoms with van der Waals surface area (Å²) in [6, 6.07) is 2.83. The molecule has 0 radical (unpaired) electrons. The summed E-state index contributed by atoms with van der Waals surface area (Å²) in [6.45, 7) is 3.37. The van der Waals surface area contributed by atoms with Crippen molar-refractivity contribution in [1.29, 1.82) is 0 Å². The Kier molecular flexibility index (Phi) is 1.51. The Morgan fingerprint density at radius 1 is 1.70 bits per heavy atom. The van der Waals surface area contributed by atoms with Crippen LogP contribution in [0, 0.1) is 0 Å². The molecule has 0 aromatic carbocycles. The molecular formula is C8H11NS. The van der Waals surface area contributed by atoms with Crippen LogP contribution >= 0.6 is 11.3 Å². The second-order valence-corrected chi connectivity index (χ2v) is 3.68. The first kappa shape index (κ1) is 6.38. The van der Waals surface area contributed by atoms with E-state index in [1.165, 1.54) is 11.3 Å². The second-order valence-electron chi connectivity index (χ2n) is 2.74. The van der Waals surface area contributed by atoms with E-state index in [4.69, 9.17) is 0 Å². The van der Waals surface area contributed by atoms with Gasteiger partial charge in [-0.05, 0) is 36.9 Å². The SMILES string of the molecule is C[C@@H]1NCCc2ccsc21. The molecule has 0 aliphatic carbocycles. The Balaban J connectivity index is 2.41. The summed E-state index contributed by atoms with van der Waals surface area (Å²) < 4.78 is 0. The number of hydrogen-bond acceptors (Lipinski definition) is 2. The molecule has 1 N–H and O–H groups in total. The van der Waals surface area contributed by atoms with Gasteiger partial charge in [-0.1, -0.05) is 0 Å². The fourth-order valence-corrected chi connectivity index (χ4v) is 2.44. The van der Waals surface area contributed by atoms with Crippen LogP contribution in [-0.2, 0) is 6.42 Å². The first-order valence-corrected chi connectivity index (χ1v) is 4.55. The van der Waals surface area contributed by atoms with Crippen LogP contribution in [0.4, 0.5) is 0 Å². The van der Waals surface area contributed by atoms with Crippen molar-refractivity contribution in [2.45, 2.75) is 19.4 Å². The zero-order chi connectivity index (χ0) is 6.97. The van der Waals surface area contributed by atoms with Crippen LogP contribution in [0.1, 0.15) is 23.4 Å². The molecule has 0 saturated carbocycles. The van der Waals surface area contributed by atoms with Gasteiger partial charge in [0.05, 0.1) is 0 Å². The Morgan fingerprint density at radius 2 is 2.60 bits per heavy atom. The lowest BCUT2D eigenvalue weighted by atomic mass is 10.1. The Hall–Kier alpha value is -0.340. The lowest BCUT2D eigenvalue weighted by Gasteiger charge is -2.19. The Bertz CT molecular complexity index is 229. The minimum absolute atomic E-state index is 0.587.